The molecule has 0 aromatic heterocycles. The van der Waals surface area contributed by atoms with E-state index in [9.17, 15) is 26.3 Å². The molecule has 0 saturated carbocycles. The molecule has 1 rings (SSSR count). The minimum absolute atomic E-state index is 0. The molecule has 0 aliphatic carbocycles. The molecule has 2 atom stereocenters. The first-order valence-corrected chi connectivity index (χ1v) is 5.76. The molecule has 0 fully saturated rings. The molecule has 0 amide bonds. The summed E-state index contributed by atoms with van der Waals surface area (Å²) in [5.41, 5.74) is 4.55. The van der Waals surface area contributed by atoms with Crippen molar-refractivity contribution in [2.45, 2.75) is 24.7 Å². The molecule has 0 unspecified atom stereocenters. The van der Waals surface area contributed by atoms with Gasteiger partial charge in [-0.3, -0.25) is 0 Å². The van der Waals surface area contributed by atoms with Crippen LogP contribution in [0.25, 0.3) is 0 Å². The van der Waals surface area contributed by atoms with Gasteiger partial charge in [0.2, 0.25) is 0 Å². The van der Waals surface area contributed by atoms with Crippen LogP contribution in [-0.4, -0.2) is 23.7 Å². The predicted octanol–water partition coefficient (Wildman–Crippen LogP) is 3.69. The topological polar surface area (TPSA) is 55.5 Å². The third-order valence-corrected chi connectivity index (χ3v) is 2.73. The van der Waals surface area contributed by atoms with Gasteiger partial charge < -0.3 is 15.6 Å². The number of nitrogens with two attached hydrogens (primary N) is 1. The first kappa shape index (κ1) is 20.3. The Morgan fingerprint density at radius 2 is 1.67 bits per heavy atom. The molecule has 0 aliphatic rings. The number of alkyl halides is 6. The summed E-state index contributed by atoms with van der Waals surface area (Å²) in [4.78, 5) is 0. The van der Waals surface area contributed by atoms with E-state index >= 15 is 0 Å². The van der Waals surface area contributed by atoms with Crippen molar-refractivity contribution in [3.63, 3.8) is 0 Å². The van der Waals surface area contributed by atoms with Gasteiger partial charge in [0.25, 0.3) is 0 Å². The van der Waals surface area contributed by atoms with Crippen LogP contribution in [0.1, 0.15) is 11.6 Å². The van der Waals surface area contributed by atoms with Gasteiger partial charge in [-0.15, -0.1) is 25.6 Å². The van der Waals surface area contributed by atoms with E-state index in [0.717, 1.165) is 18.2 Å². The molecule has 0 spiro atoms. The smallest absolute Gasteiger partial charge is 0.405 e. The highest BCUT2D eigenvalue weighted by atomic mass is 79.9. The van der Waals surface area contributed by atoms with Gasteiger partial charge >= 0.3 is 12.5 Å². The maximum atomic E-state index is 12.4. The standard InChI is InChI=1S/C10H8BrF6NO2.ClH/c11-4-1-2-6(20-10(15,16)17)5(3-4)7(18)8(19)9(12,13)14;/h1-3,7-8,19H,18H2;1H/t7-,8-;/m0./s1. The molecule has 0 radical (unpaired) electrons. The van der Waals surface area contributed by atoms with Gasteiger partial charge in [-0.2, -0.15) is 13.2 Å². The maximum absolute atomic E-state index is 12.4. The van der Waals surface area contributed by atoms with Crippen LogP contribution in [0.15, 0.2) is 22.7 Å². The van der Waals surface area contributed by atoms with Crippen LogP contribution in [0.2, 0.25) is 0 Å². The Balaban J connectivity index is 0.00000400. The second-order valence-electron chi connectivity index (χ2n) is 3.74. The largest absolute Gasteiger partial charge is 0.573 e. The van der Waals surface area contributed by atoms with Crippen LogP contribution in [-0.2, 0) is 0 Å². The van der Waals surface area contributed by atoms with E-state index in [-0.39, 0.29) is 16.9 Å². The summed E-state index contributed by atoms with van der Waals surface area (Å²) in [6.07, 6.45) is -13.2. The zero-order valence-electron chi connectivity index (χ0n) is 9.87. The van der Waals surface area contributed by atoms with Crippen LogP contribution in [0.5, 0.6) is 5.75 Å². The summed E-state index contributed by atoms with van der Waals surface area (Å²) in [5, 5.41) is 9.02. The predicted molar refractivity (Wildman–Crippen MR) is 67.1 cm³/mol. The van der Waals surface area contributed by atoms with E-state index in [4.69, 9.17) is 10.8 Å². The lowest BCUT2D eigenvalue weighted by molar-refractivity contribution is -0.275. The molecule has 1 aromatic carbocycles. The highest BCUT2D eigenvalue weighted by molar-refractivity contribution is 9.10. The van der Waals surface area contributed by atoms with Crippen LogP contribution >= 0.6 is 28.3 Å². The first-order chi connectivity index (χ1) is 8.92. The summed E-state index contributed by atoms with van der Waals surface area (Å²) >= 11 is 2.89. The quantitative estimate of drug-likeness (QED) is 0.756. The van der Waals surface area contributed by atoms with Crippen molar-refractivity contribution in [1.82, 2.24) is 0 Å². The third kappa shape index (κ3) is 5.89. The molecule has 11 heteroatoms. The van der Waals surface area contributed by atoms with Crippen LogP contribution in [0.4, 0.5) is 26.3 Å². The number of halogens is 8. The SMILES string of the molecule is Cl.N[C@@H](c1cc(Br)ccc1OC(F)(F)F)[C@H](O)C(F)(F)F. The number of hydrogen-bond donors (Lipinski definition) is 2. The molecular formula is C10H9BrClF6NO2. The highest BCUT2D eigenvalue weighted by Gasteiger charge is 2.44. The molecule has 3 nitrogen and oxygen atoms in total. The Kier molecular flexibility index (Phi) is 6.80. The van der Waals surface area contributed by atoms with E-state index in [1.54, 1.807) is 0 Å². The fraction of sp³-hybridized carbons (Fsp3) is 0.400. The Bertz CT molecular complexity index is 482. The van der Waals surface area contributed by atoms with Gasteiger partial charge in [0.05, 0.1) is 6.04 Å². The molecule has 1 aromatic rings. The van der Waals surface area contributed by atoms with Gasteiger partial charge in [-0.25, -0.2) is 0 Å². The lowest BCUT2D eigenvalue weighted by Crippen LogP contribution is -2.39. The lowest BCUT2D eigenvalue weighted by Gasteiger charge is -2.24. The number of benzene rings is 1. The second kappa shape index (κ2) is 7.03. The summed E-state index contributed by atoms with van der Waals surface area (Å²) in [7, 11) is 0. The molecule has 0 saturated heterocycles. The minimum Gasteiger partial charge on any atom is -0.405 e. The molecule has 0 bridgehead atoms. The second-order valence-corrected chi connectivity index (χ2v) is 4.66. The molecule has 0 aliphatic heterocycles. The third-order valence-electron chi connectivity index (χ3n) is 2.23. The van der Waals surface area contributed by atoms with Crippen molar-refractivity contribution in [1.29, 1.82) is 0 Å². The van der Waals surface area contributed by atoms with E-state index < -0.39 is 36.0 Å². The van der Waals surface area contributed by atoms with Gasteiger partial charge in [-0.1, -0.05) is 15.9 Å². The van der Waals surface area contributed by atoms with E-state index in [0.29, 0.717) is 0 Å². The van der Waals surface area contributed by atoms with E-state index in [1.807, 2.05) is 0 Å². The minimum atomic E-state index is -5.09. The van der Waals surface area contributed by atoms with Gasteiger partial charge in [0.15, 0.2) is 6.10 Å². The van der Waals surface area contributed by atoms with E-state index in [2.05, 4.69) is 20.7 Å². The summed E-state index contributed by atoms with van der Waals surface area (Å²) in [6.45, 7) is 0. The molecule has 0 heterocycles. The van der Waals surface area contributed by atoms with Crippen LogP contribution < -0.4 is 10.5 Å². The lowest BCUT2D eigenvalue weighted by atomic mass is 10.0. The number of ether oxygens (including phenoxy) is 1. The average molecular weight is 405 g/mol. The maximum Gasteiger partial charge on any atom is 0.573 e. The van der Waals surface area contributed by atoms with Crippen molar-refractivity contribution in [2.75, 3.05) is 0 Å². The highest BCUT2D eigenvalue weighted by Crippen LogP contribution is 2.36. The van der Waals surface area contributed by atoms with E-state index in [1.165, 1.54) is 0 Å². The number of rotatable bonds is 3. The van der Waals surface area contributed by atoms with Crippen LogP contribution in [0.3, 0.4) is 0 Å². The van der Waals surface area contributed by atoms with Crippen molar-refractivity contribution in [3.05, 3.63) is 28.2 Å². The monoisotopic (exact) mass is 403 g/mol. The Morgan fingerprint density at radius 1 is 1.14 bits per heavy atom. The number of aliphatic hydroxyl groups excluding tert-OH is 1. The Labute approximate surface area is 129 Å². The molecule has 3 N–H and O–H groups in total. The van der Waals surface area contributed by atoms with Gasteiger partial charge in [0, 0.05) is 10.0 Å². The summed E-state index contributed by atoms with van der Waals surface area (Å²) < 4.78 is 77.3. The normalized spacial score (nSPS) is 15.1. The zero-order chi connectivity index (χ0) is 15.7. The number of hydrogen-bond acceptors (Lipinski definition) is 3. The van der Waals surface area contributed by atoms with Crippen molar-refractivity contribution >= 4 is 28.3 Å². The van der Waals surface area contributed by atoms with Gasteiger partial charge in [0.1, 0.15) is 5.75 Å². The fourth-order valence-electron chi connectivity index (χ4n) is 1.37. The van der Waals surface area contributed by atoms with Crippen molar-refractivity contribution in [2.24, 2.45) is 5.73 Å². The molecule has 21 heavy (non-hydrogen) atoms. The Morgan fingerprint density at radius 3 is 2.10 bits per heavy atom. The Hall–Kier alpha value is -0.710. The van der Waals surface area contributed by atoms with Crippen LogP contribution in [0, 0.1) is 0 Å². The van der Waals surface area contributed by atoms with Crippen molar-refractivity contribution in [3.8, 4) is 5.75 Å². The number of aliphatic hydroxyl groups is 1. The molecular weight excluding hydrogens is 395 g/mol. The zero-order valence-corrected chi connectivity index (χ0v) is 12.3. The molecule has 122 valence electrons. The van der Waals surface area contributed by atoms with Crippen molar-refractivity contribution < 1.29 is 36.2 Å². The summed E-state index contributed by atoms with van der Waals surface area (Å²) in [6, 6.07) is 0.734. The average Bonchev–Trinajstić information content (AvgIpc) is 2.26. The first-order valence-electron chi connectivity index (χ1n) is 4.97. The van der Waals surface area contributed by atoms with Gasteiger partial charge in [-0.05, 0) is 18.2 Å². The summed E-state index contributed by atoms with van der Waals surface area (Å²) in [5.74, 6) is -0.906. The fourth-order valence-corrected chi connectivity index (χ4v) is 1.75.